The van der Waals surface area contributed by atoms with Crippen molar-refractivity contribution in [3.63, 3.8) is 0 Å². The first-order valence-corrected chi connectivity index (χ1v) is 5.86. The van der Waals surface area contributed by atoms with Crippen molar-refractivity contribution in [3.8, 4) is 0 Å². The predicted octanol–water partition coefficient (Wildman–Crippen LogP) is 3.17. The second-order valence-electron chi connectivity index (χ2n) is 3.43. The quantitative estimate of drug-likeness (QED) is 0.892. The third kappa shape index (κ3) is 2.36. The highest BCUT2D eigenvalue weighted by Crippen LogP contribution is 2.26. The van der Waals surface area contributed by atoms with Crippen molar-refractivity contribution in [1.29, 1.82) is 0 Å². The maximum absolute atomic E-state index is 12.9. The molecule has 0 saturated heterocycles. The first-order valence-electron chi connectivity index (χ1n) is 5.05. The van der Waals surface area contributed by atoms with Gasteiger partial charge in [0, 0.05) is 12.5 Å². The van der Waals surface area contributed by atoms with Gasteiger partial charge in [0.05, 0.1) is 10.2 Å². The molecule has 16 heavy (non-hydrogen) atoms. The van der Waals surface area contributed by atoms with E-state index in [9.17, 15) is 9.18 Å². The molecule has 0 aliphatic rings. The van der Waals surface area contributed by atoms with Crippen molar-refractivity contribution in [3.05, 3.63) is 24.0 Å². The molecule has 1 heterocycles. The molecule has 1 amide bonds. The number of anilines is 1. The number of thiazole rings is 1. The van der Waals surface area contributed by atoms with Crippen LogP contribution >= 0.6 is 11.3 Å². The molecule has 0 aliphatic carbocycles. The van der Waals surface area contributed by atoms with Crippen LogP contribution < -0.4 is 5.32 Å². The molecule has 0 saturated carbocycles. The van der Waals surface area contributed by atoms with Crippen LogP contribution in [0.25, 0.3) is 10.2 Å². The number of hydrogen-bond acceptors (Lipinski definition) is 3. The van der Waals surface area contributed by atoms with Gasteiger partial charge in [-0.05, 0) is 18.6 Å². The summed E-state index contributed by atoms with van der Waals surface area (Å²) in [5, 5.41) is 3.22. The van der Waals surface area contributed by atoms with Crippen LogP contribution in [0.15, 0.2) is 18.2 Å². The molecular weight excluding hydrogens is 227 g/mol. The van der Waals surface area contributed by atoms with Crippen molar-refractivity contribution in [2.75, 3.05) is 5.32 Å². The standard InChI is InChI=1S/C11H11FN2OS/c1-2-3-10(15)14-11-13-8-6-7(12)4-5-9(8)16-11/h4-6H,2-3H2,1H3,(H,13,14,15). The lowest BCUT2D eigenvalue weighted by Crippen LogP contribution is -2.09. The van der Waals surface area contributed by atoms with E-state index in [1.807, 2.05) is 6.92 Å². The lowest BCUT2D eigenvalue weighted by atomic mass is 10.3. The summed E-state index contributed by atoms with van der Waals surface area (Å²) in [7, 11) is 0. The van der Waals surface area contributed by atoms with E-state index >= 15 is 0 Å². The van der Waals surface area contributed by atoms with Crippen LogP contribution in [0.4, 0.5) is 9.52 Å². The van der Waals surface area contributed by atoms with E-state index in [0.717, 1.165) is 11.1 Å². The van der Waals surface area contributed by atoms with Crippen LogP contribution in [0, 0.1) is 5.82 Å². The average Bonchev–Trinajstić information content (AvgIpc) is 2.59. The Morgan fingerprint density at radius 3 is 3.12 bits per heavy atom. The highest BCUT2D eigenvalue weighted by Gasteiger charge is 2.07. The highest BCUT2D eigenvalue weighted by molar-refractivity contribution is 7.22. The molecule has 84 valence electrons. The van der Waals surface area contributed by atoms with Crippen LogP contribution in [0.1, 0.15) is 19.8 Å². The summed E-state index contributed by atoms with van der Waals surface area (Å²) in [6.45, 7) is 1.94. The van der Waals surface area contributed by atoms with Gasteiger partial charge in [0.15, 0.2) is 5.13 Å². The summed E-state index contributed by atoms with van der Waals surface area (Å²) in [6, 6.07) is 4.41. The summed E-state index contributed by atoms with van der Waals surface area (Å²) >= 11 is 1.35. The number of amides is 1. The molecule has 0 radical (unpaired) electrons. The molecule has 0 atom stereocenters. The zero-order valence-corrected chi connectivity index (χ0v) is 9.60. The normalized spacial score (nSPS) is 10.6. The minimum atomic E-state index is -0.316. The molecule has 1 aromatic carbocycles. The van der Waals surface area contributed by atoms with E-state index in [4.69, 9.17) is 0 Å². The molecule has 1 aromatic heterocycles. The number of halogens is 1. The topological polar surface area (TPSA) is 42.0 Å². The van der Waals surface area contributed by atoms with Gasteiger partial charge in [-0.15, -0.1) is 0 Å². The molecule has 0 fully saturated rings. The van der Waals surface area contributed by atoms with Crippen molar-refractivity contribution in [2.24, 2.45) is 0 Å². The van der Waals surface area contributed by atoms with E-state index in [2.05, 4.69) is 10.3 Å². The fourth-order valence-electron chi connectivity index (χ4n) is 1.36. The minimum Gasteiger partial charge on any atom is -0.302 e. The van der Waals surface area contributed by atoms with Crippen molar-refractivity contribution in [2.45, 2.75) is 19.8 Å². The molecule has 0 spiro atoms. The molecule has 1 N–H and O–H groups in total. The van der Waals surface area contributed by atoms with Gasteiger partial charge in [-0.2, -0.15) is 0 Å². The number of carbonyl (C=O) groups is 1. The lowest BCUT2D eigenvalue weighted by Gasteiger charge is -1.97. The Labute approximate surface area is 96.3 Å². The smallest absolute Gasteiger partial charge is 0.226 e. The van der Waals surface area contributed by atoms with Gasteiger partial charge in [-0.3, -0.25) is 4.79 Å². The maximum atomic E-state index is 12.9. The fourth-order valence-corrected chi connectivity index (χ4v) is 2.23. The summed E-state index contributed by atoms with van der Waals surface area (Å²) < 4.78 is 13.8. The van der Waals surface area contributed by atoms with Gasteiger partial charge in [0.25, 0.3) is 0 Å². The maximum Gasteiger partial charge on any atom is 0.226 e. The molecule has 3 nitrogen and oxygen atoms in total. The van der Waals surface area contributed by atoms with Gasteiger partial charge in [-0.1, -0.05) is 18.3 Å². The fraction of sp³-hybridized carbons (Fsp3) is 0.273. The third-order valence-corrected chi connectivity index (χ3v) is 3.02. The molecule has 5 heteroatoms. The zero-order valence-electron chi connectivity index (χ0n) is 8.79. The van der Waals surface area contributed by atoms with Crippen LogP contribution in [0.5, 0.6) is 0 Å². The molecule has 2 rings (SSSR count). The molecular formula is C11H11FN2OS. The summed E-state index contributed by atoms with van der Waals surface area (Å²) in [5.41, 5.74) is 0.580. The predicted molar refractivity (Wildman–Crippen MR) is 63.1 cm³/mol. The lowest BCUT2D eigenvalue weighted by molar-refractivity contribution is -0.116. The third-order valence-electron chi connectivity index (χ3n) is 2.07. The Balaban J connectivity index is 2.23. The summed E-state index contributed by atoms with van der Waals surface area (Å²) in [6.07, 6.45) is 1.27. The number of rotatable bonds is 3. The van der Waals surface area contributed by atoms with Gasteiger partial charge < -0.3 is 5.32 Å². The molecule has 0 aliphatic heterocycles. The van der Waals surface area contributed by atoms with Crippen molar-refractivity contribution >= 4 is 32.6 Å². The van der Waals surface area contributed by atoms with Gasteiger partial charge in [-0.25, -0.2) is 9.37 Å². The number of nitrogens with one attached hydrogen (secondary N) is 1. The van der Waals surface area contributed by atoms with Crippen LogP contribution in [0.2, 0.25) is 0 Å². The van der Waals surface area contributed by atoms with Crippen LogP contribution in [-0.4, -0.2) is 10.9 Å². The van der Waals surface area contributed by atoms with Crippen molar-refractivity contribution in [1.82, 2.24) is 4.98 Å². The van der Waals surface area contributed by atoms with E-state index in [0.29, 0.717) is 17.1 Å². The van der Waals surface area contributed by atoms with Crippen LogP contribution in [0.3, 0.4) is 0 Å². The number of nitrogens with zero attached hydrogens (tertiary/aromatic N) is 1. The molecule has 0 bridgehead atoms. The van der Waals surface area contributed by atoms with Gasteiger partial charge in [0.1, 0.15) is 5.82 Å². The van der Waals surface area contributed by atoms with Crippen molar-refractivity contribution < 1.29 is 9.18 Å². The van der Waals surface area contributed by atoms with E-state index in [-0.39, 0.29) is 11.7 Å². The minimum absolute atomic E-state index is 0.0537. The second kappa shape index (κ2) is 4.57. The van der Waals surface area contributed by atoms with E-state index in [1.54, 1.807) is 6.07 Å². The van der Waals surface area contributed by atoms with Gasteiger partial charge >= 0.3 is 0 Å². The Morgan fingerprint density at radius 1 is 1.56 bits per heavy atom. The Hall–Kier alpha value is -1.49. The number of aromatic nitrogens is 1. The Bertz CT molecular complexity index is 524. The molecule has 2 aromatic rings. The first-order chi connectivity index (χ1) is 7.69. The molecule has 0 unspecified atom stereocenters. The average molecular weight is 238 g/mol. The first kappa shape index (κ1) is 11.0. The number of carbonyl (C=O) groups excluding carboxylic acids is 1. The second-order valence-corrected chi connectivity index (χ2v) is 4.46. The Kier molecular flexibility index (Phi) is 3.14. The van der Waals surface area contributed by atoms with E-state index < -0.39 is 0 Å². The largest absolute Gasteiger partial charge is 0.302 e. The zero-order chi connectivity index (χ0) is 11.5. The number of fused-ring (bicyclic) bond motifs is 1. The number of hydrogen-bond donors (Lipinski definition) is 1. The highest BCUT2D eigenvalue weighted by atomic mass is 32.1. The summed E-state index contributed by atoms with van der Waals surface area (Å²) in [5.74, 6) is -0.369. The summed E-state index contributed by atoms with van der Waals surface area (Å²) in [4.78, 5) is 15.5. The van der Waals surface area contributed by atoms with Gasteiger partial charge in [0.2, 0.25) is 5.91 Å². The Morgan fingerprint density at radius 2 is 2.38 bits per heavy atom. The SMILES string of the molecule is CCCC(=O)Nc1nc2cc(F)ccc2s1. The van der Waals surface area contributed by atoms with Crippen LogP contribution in [-0.2, 0) is 4.79 Å². The van der Waals surface area contributed by atoms with E-state index in [1.165, 1.54) is 23.5 Å². The monoisotopic (exact) mass is 238 g/mol. The number of benzene rings is 1.